The lowest BCUT2D eigenvalue weighted by molar-refractivity contribution is 0.895. The number of aromatic nitrogens is 3. The maximum absolute atomic E-state index is 4.80. The Morgan fingerprint density at radius 2 is 1.96 bits per heavy atom. The maximum Gasteiger partial charge on any atom is 0.187 e. The highest BCUT2D eigenvalue weighted by Gasteiger charge is 2.16. The molecule has 4 nitrogen and oxygen atoms in total. The van der Waals surface area contributed by atoms with Crippen molar-refractivity contribution in [1.82, 2.24) is 14.4 Å². The van der Waals surface area contributed by atoms with Gasteiger partial charge < -0.3 is 5.32 Å². The zero-order valence-corrected chi connectivity index (χ0v) is 16.1. The van der Waals surface area contributed by atoms with Crippen molar-refractivity contribution in [2.24, 2.45) is 0 Å². The molecule has 0 radical (unpaired) electrons. The van der Waals surface area contributed by atoms with Gasteiger partial charge in [-0.25, -0.2) is 9.97 Å². The smallest absolute Gasteiger partial charge is 0.187 e. The number of hydrogen-bond acceptors (Lipinski definition) is 4. The number of fused-ring (bicyclic) bond motifs is 1. The zero-order chi connectivity index (χ0) is 17.2. The summed E-state index contributed by atoms with van der Waals surface area (Å²) in [5, 5.41) is 6.34. The van der Waals surface area contributed by atoms with Crippen LogP contribution in [0.4, 0.5) is 10.8 Å². The molecule has 0 aliphatic carbocycles. The van der Waals surface area contributed by atoms with Gasteiger partial charge in [0.15, 0.2) is 5.13 Å². The Bertz CT molecular complexity index is 1000. The lowest BCUT2D eigenvalue weighted by atomic mass is 10.2. The van der Waals surface area contributed by atoms with Crippen molar-refractivity contribution in [3.05, 3.63) is 64.2 Å². The first kappa shape index (κ1) is 16.3. The third-order valence-corrected chi connectivity index (χ3v) is 5.22. The molecule has 0 bridgehead atoms. The number of aryl methyl sites for hydroxylation is 1. The van der Waals surface area contributed by atoms with Gasteiger partial charge in [0.05, 0.1) is 11.4 Å². The van der Waals surface area contributed by atoms with E-state index in [-0.39, 0.29) is 0 Å². The molecule has 3 aromatic heterocycles. The summed E-state index contributed by atoms with van der Waals surface area (Å²) in [6.45, 7) is 2.18. The lowest BCUT2D eigenvalue weighted by Crippen LogP contribution is -1.93. The molecule has 0 saturated carbocycles. The second-order valence-corrected chi connectivity index (χ2v) is 7.53. The predicted octanol–water partition coefficient (Wildman–Crippen LogP) is 5.92. The Balaban J connectivity index is 1.71. The van der Waals surface area contributed by atoms with Crippen LogP contribution in [-0.2, 0) is 6.42 Å². The van der Waals surface area contributed by atoms with Gasteiger partial charge in [-0.1, -0.05) is 35.3 Å². The average molecular weight is 413 g/mol. The van der Waals surface area contributed by atoms with Crippen LogP contribution in [-0.4, -0.2) is 14.4 Å². The first-order valence-corrected chi connectivity index (χ1v) is 9.86. The van der Waals surface area contributed by atoms with E-state index >= 15 is 0 Å². The second kappa shape index (κ2) is 6.98. The third kappa shape index (κ3) is 3.32. The highest BCUT2D eigenvalue weighted by molar-refractivity contribution is 9.10. The van der Waals surface area contributed by atoms with Gasteiger partial charge in [-0.3, -0.25) is 4.40 Å². The van der Waals surface area contributed by atoms with Crippen LogP contribution in [0.5, 0.6) is 0 Å². The quantitative estimate of drug-likeness (QED) is 0.442. The molecule has 0 amide bonds. The van der Waals surface area contributed by atoms with Gasteiger partial charge in [0.25, 0.3) is 0 Å². The van der Waals surface area contributed by atoms with Crippen molar-refractivity contribution in [1.29, 1.82) is 0 Å². The summed E-state index contributed by atoms with van der Waals surface area (Å²) in [6, 6.07) is 14.2. The van der Waals surface area contributed by atoms with Crippen molar-refractivity contribution >= 4 is 43.7 Å². The fourth-order valence-electron chi connectivity index (χ4n) is 2.82. The minimum Gasteiger partial charge on any atom is -0.332 e. The first-order chi connectivity index (χ1) is 12.2. The molecule has 3 heterocycles. The lowest BCUT2D eigenvalue weighted by Gasteiger charge is -2.03. The second-order valence-electron chi connectivity index (χ2n) is 5.76. The average Bonchev–Trinajstić information content (AvgIpc) is 3.21. The molecule has 4 rings (SSSR count). The van der Waals surface area contributed by atoms with Crippen LogP contribution in [0.15, 0.2) is 58.5 Å². The topological polar surface area (TPSA) is 42.2 Å². The summed E-state index contributed by atoms with van der Waals surface area (Å²) in [5.74, 6) is 0. The Morgan fingerprint density at radius 3 is 2.76 bits per heavy atom. The predicted molar refractivity (Wildman–Crippen MR) is 108 cm³/mol. The van der Waals surface area contributed by atoms with Crippen LogP contribution >= 0.6 is 27.3 Å². The fourth-order valence-corrected chi connectivity index (χ4v) is 3.80. The van der Waals surface area contributed by atoms with Crippen LogP contribution in [0.1, 0.15) is 19.0 Å². The summed E-state index contributed by atoms with van der Waals surface area (Å²) < 4.78 is 3.19. The fraction of sp³-hybridized carbons (Fsp3) is 0.158. The molecule has 25 heavy (non-hydrogen) atoms. The number of imidazole rings is 1. The van der Waals surface area contributed by atoms with E-state index in [0.29, 0.717) is 0 Å². The molecule has 0 aliphatic heterocycles. The number of pyridine rings is 1. The zero-order valence-electron chi connectivity index (χ0n) is 13.7. The highest BCUT2D eigenvalue weighted by atomic mass is 79.9. The molecule has 0 unspecified atom stereocenters. The van der Waals surface area contributed by atoms with E-state index in [4.69, 9.17) is 9.97 Å². The summed E-state index contributed by atoms with van der Waals surface area (Å²) in [6.07, 6.45) is 4.06. The van der Waals surface area contributed by atoms with Crippen LogP contribution in [0.3, 0.4) is 0 Å². The number of benzene rings is 1. The molecule has 126 valence electrons. The molecule has 0 fully saturated rings. The third-order valence-electron chi connectivity index (χ3n) is 3.93. The summed E-state index contributed by atoms with van der Waals surface area (Å²) in [7, 11) is 0. The number of halogens is 1. The van der Waals surface area contributed by atoms with Crippen molar-refractivity contribution in [2.45, 2.75) is 19.8 Å². The highest BCUT2D eigenvalue weighted by Crippen LogP contribution is 2.31. The van der Waals surface area contributed by atoms with Gasteiger partial charge in [0.1, 0.15) is 11.3 Å². The van der Waals surface area contributed by atoms with E-state index in [1.54, 1.807) is 11.3 Å². The van der Waals surface area contributed by atoms with Crippen molar-refractivity contribution in [3.8, 4) is 11.4 Å². The van der Waals surface area contributed by atoms with Crippen LogP contribution in [0.25, 0.3) is 17.0 Å². The number of nitrogens with zero attached hydrogens (tertiary/aromatic N) is 3. The molecular weight excluding hydrogens is 396 g/mol. The molecule has 4 aromatic rings. The van der Waals surface area contributed by atoms with Gasteiger partial charge >= 0.3 is 0 Å². The normalized spacial score (nSPS) is 11.1. The van der Waals surface area contributed by atoms with Crippen LogP contribution < -0.4 is 5.32 Å². The molecule has 0 spiro atoms. The Labute approximate surface area is 158 Å². The first-order valence-electron chi connectivity index (χ1n) is 8.19. The number of nitrogens with one attached hydrogen (secondary N) is 1. The van der Waals surface area contributed by atoms with Crippen LogP contribution in [0, 0.1) is 0 Å². The largest absolute Gasteiger partial charge is 0.332 e. The molecule has 0 saturated heterocycles. The number of rotatable bonds is 5. The number of thiazole rings is 1. The van der Waals surface area contributed by atoms with E-state index in [1.807, 2.05) is 42.5 Å². The number of anilines is 2. The minimum absolute atomic E-state index is 0.880. The van der Waals surface area contributed by atoms with Crippen molar-refractivity contribution < 1.29 is 0 Å². The van der Waals surface area contributed by atoms with E-state index in [1.165, 1.54) is 0 Å². The van der Waals surface area contributed by atoms with E-state index in [9.17, 15) is 0 Å². The van der Waals surface area contributed by atoms with Crippen molar-refractivity contribution in [3.63, 3.8) is 0 Å². The molecule has 6 heteroatoms. The standard InChI is InChI=1S/C19H17BrN4S/c1-2-5-15-18(24-11-4-3-6-17(24)22-15)16-12-25-19(23-16)21-14-9-7-13(20)8-10-14/h3-4,6-12H,2,5H2,1H3,(H,21,23). The molecule has 0 atom stereocenters. The van der Waals surface area contributed by atoms with E-state index in [2.05, 4.69) is 44.1 Å². The van der Waals surface area contributed by atoms with Gasteiger partial charge in [-0.05, 0) is 42.8 Å². The summed E-state index contributed by atoms with van der Waals surface area (Å²) >= 11 is 5.06. The Hall–Kier alpha value is -2.18. The SMILES string of the molecule is CCCc1nc2ccccn2c1-c1csc(Nc2ccc(Br)cc2)n1. The Kier molecular flexibility index (Phi) is 4.55. The molecule has 1 N–H and O–H groups in total. The Morgan fingerprint density at radius 1 is 1.12 bits per heavy atom. The molecule has 1 aromatic carbocycles. The van der Waals surface area contributed by atoms with E-state index in [0.717, 1.165) is 50.9 Å². The van der Waals surface area contributed by atoms with Gasteiger partial charge in [0.2, 0.25) is 0 Å². The summed E-state index contributed by atoms with van der Waals surface area (Å²) in [4.78, 5) is 9.58. The van der Waals surface area contributed by atoms with Crippen molar-refractivity contribution in [2.75, 3.05) is 5.32 Å². The monoisotopic (exact) mass is 412 g/mol. The molecule has 0 aliphatic rings. The van der Waals surface area contributed by atoms with Gasteiger partial charge in [0, 0.05) is 21.7 Å². The maximum atomic E-state index is 4.80. The van der Waals surface area contributed by atoms with E-state index < -0.39 is 0 Å². The molecular formula is C19H17BrN4S. The minimum atomic E-state index is 0.880. The van der Waals surface area contributed by atoms with Gasteiger partial charge in [-0.15, -0.1) is 11.3 Å². The van der Waals surface area contributed by atoms with Gasteiger partial charge in [-0.2, -0.15) is 0 Å². The van der Waals surface area contributed by atoms with Crippen LogP contribution in [0.2, 0.25) is 0 Å². The summed E-state index contributed by atoms with van der Waals surface area (Å²) in [5.41, 5.74) is 5.16. The number of hydrogen-bond donors (Lipinski definition) is 1.